The van der Waals surface area contributed by atoms with Crippen molar-refractivity contribution in [2.24, 2.45) is 0 Å². The highest BCUT2D eigenvalue weighted by atomic mass is 35.5. The second kappa shape index (κ2) is 13.7. The first kappa shape index (κ1) is 28.1. The van der Waals surface area contributed by atoms with E-state index in [1.54, 1.807) is 24.3 Å². The highest BCUT2D eigenvalue weighted by Gasteiger charge is 2.14. The van der Waals surface area contributed by atoms with Gasteiger partial charge in [-0.3, -0.25) is 19.3 Å². The number of benzene rings is 2. The molecule has 0 bridgehead atoms. The fraction of sp³-hybridized carbons (Fsp3) is 0.296. The maximum atomic E-state index is 13.3. The summed E-state index contributed by atoms with van der Waals surface area (Å²) in [6.07, 6.45) is 1.13. The van der Waals surface area contributed by atoms with Gasteiger partial charge >= 0.3 is 0 Å². The Morgan fingerprint density at radius 1 is 0.846 bits per heavy atom. The smallest absolute Gasteiger partial charge is 0.270 e. The molecule has 2 heterocycles. The van der Waals surface area contributed by atoms with Gasteiger partial charge < -0.3 is 20.7 Å². The maximum Gasteiger partial charge on any atom is 0.270 e. The Labute approximate surface area is 229 Å². The largest absolute Gasteiger partial charge is 0.379 e. The molecular formula is C27H28ClFN6O4. The lowest BCUT2D eigenvalue weighted by Crippen LogP contribution is -2.41. The van der Waals surface area contributed by atoms with Crippen molar-refractivity contribution < 1.29 is 23.5 Å². The first-order valence-corrected chi connectivity index (χ1v) is 12.8. The summed E-state index contributed by atoms with van der Waals surface area (Å²) in [6.45, 7) is 4.80. The zero-order valence-electron chi connectivity index (χ0n) is 21.1. The molecular weight excluding hydrogens is 527 g/mol. The molecule has 1 saturated heterocycles. The number of carbonyl (C=O) groups is 3. The summed E-state index contributed by atoms with van der Waals surface area (Å²) in [5.74, 6) is -1.71. The number of rotatable bonds is 10. The van der Waals surface area contributed by atoms with Crippen LogP contribution < -0.4 is 16.0 Å². The standard InChI is InChI=1S/C27H28ClFN6O4/c28-21-13-19(3-6-22(21)29)16-32-27(38)24-14-23(33-17-34-24)26(37)31-15-18-1-4-20(5-2-18)25(36)30-7-8-35-9-11-39-12-10-35/h1-6,13-14,17H,7-12,15-16H2,(H,30,36)(H,31,37)(H,32,38). The van der Waals surface area contributed by atoms with Crippen LogP contribution in [0.5, 0.6) is 0 Å². The molecule has 10 nitrogen and oxygen atoms in total. The van der Waals surface area contributed by atoms with Gasteiger partial charge in [-0.25, -0.2) is 14.4 Å². The monoisotopic (exact) mass is 554 g/mol. The number of morpholine rings is 1. The molecule has 1 aliphatic heterocycles. The van der Waals surface area contributed by atoms with E-state index < -0.39 is 17.6 Å². The number of carbonyl (C=O) groups excluding carboxylic acids is 3. The van der Waals surface area contributed by atoms with Crippen LogP contribution in [0, 0.1) is 5.82 Å². The van der Waals surface area contributed by atoms with Crippen molar-refractivity contribution in [2.75, 3.05) is 39.4 Å². The number of nitrogens with zero attached hydrogens (tertiary/aromatic N) is 3. The molecule has 12 heteroatoms. The van der Waals surface area contributed by atoms with E-state index in [2.05, 4.69) is 30.8 Å². The zero-order valence-corrected chi connectivity index (χ0v) is 21.8. The van der Waals surface area contributed by atoms with Crippen molar-refractivity contribution in [3.05, 3.63) is 93.8 Å². The third-order valence-corrected chi connectivity index (χ3v) is 6.35. The van der Waals surface area contributed by atoms with Crippen LogP contribution in [-0.4, -0.2) is 72.0 Å². The Balaban J connectivity index is 1.23. The molecule has 0 spiro atoms. The summed E-state index contributed by atoms with van der Waals surface area (Å²) in [5, 5.41) is 8.26. The molecule has 204 valence electrons. The van der Waals surface area contributed by atoms with Crippen molar-refractivity contribution in [3.63, 3.8) is 0 Å². The molecule has 3 amide bonds. The minimum Gasteiger partial charge on any atom is -0.379 e. The van der Waals surface area contributed by atoms with Crippen molar-refractivity contribution in [1.82, 2.24) is 30.8 Å². The third kappa shape index (κ3) is 8.28. The molecule has 2 aromatic carbocycles. The Hall–Kier alpha value is -3.93. The molecule has 3 aromatic rings. The van der Waals surface area contributed by atoms with Crippen LogP contribution in [-0.2, 0) is 17.8 Å². The van der Waals surface area contributed by atoms with E-state index in [1.807, 2.05) is 0 Å². The average Bonchev–Trinajstić information content (AvgIpc) is 2.97. The normalized spacial score (nSPS) is 13.5. The predicted molar refractivity (Wildman–Crippen MR) is 142 cm³/mol. The SMILES string of the molecule is O=C(NCCN1CCOCC1)c1ccc(CNC(=O)c2cc(C(=O)NCc3ccc(F)c(Cl)c3)ncn2)cc1. The Morgan fingerprint density at radius 2 is 1.46 bits per heavy atom. The van der Waals surface area contributed by atoms with Crippen molar-refractivity contribution >= 4 is 29.3 Å². The van der Waals surface area contributed by atoms with Crippen molar-refractivity contribution in [3.8, 4) is 0 Å². The van der Waals surface area contributed by atoms with E-state index in [1.165, 1.54) is 24.3 Å². The molecule has 0 unspecified atom stereocenters. The lowest BCUT2D eigenvalue weighted by Gasteiger charge is -2.26. The van der Waals surface area contributed by atoms with Crippen molar-refractivity contribution in [2.45, 2.75) is 13.1 Å². The number of halogens is 2. The van der Waals surface area contributed by atoms with E-state index in [0.29, 0.717) is 30.9 Å². The average molecular weight is 555 g/mol. The minimum atomic E-state index is -0.547. The summed E-state index contributed by atoms with van der Waals surface area (Å²) in [4.78, 5) is 47.6. The van der Waals surface area contributed by atoms with Crippen LogP contribution in [0.2, 0.25) is 5.02 Å². The topological polar surface area (TPSA) is 126 Å². The van der Waals surface area contributed by atoms with Gasteiger partial charge in [0.15, 0.2) is 0 Å². The van der Waals surface area contributed by atoms with Gasteiger partial charge in [-0.1, -0.05) is 29.8 Å². The molecule has 0 aliphatic carbocycles. The summed E-state index contributed by atoms with van der Waals surface area (Å²) >= 11 is 5.76. The molecule has 1 fully saturated rings. The highest BCUT2D eigenvalue weighted by molar-refractivity contribution is 6.30. The minimum absolute atomic E-state index is 0.00680. The highest BCUT2D eigenvalue weighted by Crippen LogP contribution is 2.16. The number of amides is 3. The lowest BCUT2D eigenvalue weighted by atomic mass is 10.1. The van der Waals surface area contributed by atoms with Gasteiger partial charge in [0.1, 0.15) is 23.5 Å². The van der Waals surface area contributed by atoms with Crippen LogP contribution in [0.3, 0.4) is 0 Å². The van der Waals surface area contributed by atoms with Gasteiger partial charge in [0, 0.05) is 50.9 Å². The molecule has 1 aromatic heterocycles. The van der Waals surface area contributed by atoms with Gasteiger partial charge in [-0.2, -0.15) is 0 Å². The summed E-state index contributed by atoms with van der Waals surface area (Å²) in [5.41, 5.74) is 1.96. The van der Waals surface area contributed by atoms with Gasteiger partial charge in [-0.15, -0.1) is 0 Å². The van der Waals surface area contributed by atoms with Gasteiger partial charge in [0.25, 0.3) is 17.7 Å². The van der Waals surface area contributed by atoms with E-state index >= 15 is 0 Å². The third-order valence-electron chi connectivity index (χ3n) is 6.06. The Bertz CT molecular complexity index is 1320. The van der Waals surface area contributed by atoms with E-state index in [4.69, 9.17) is 16.3 Å². The quantitative estimate of drug-likeness (QED) is 0.351. The molecule has 0 saturated carbocycles. The first-order chi connectivity index (χ1) is 18.9. The second-order valence-corrected chi connectivity index (χ2v) is 9.22. The van der Waals surface area contributed by atoms with E-state index in [-0.39, 0.29) is 35.4 Å². The van der Waals surface area contributed by atoms with Crippen molar-refractivity contribution in [1.29, 1.82) is 0 Å². The van der Waals surface area contributed by atoms with Gasteiger partial charge in [0.05, 0.1) is 18.2 Å². The number of ether oxygens (including phenoxy) is 1. The Morgan fingerprint density at radius 3 is 2.10 bits per heavy atom. The first-order valence-electron chi connectivity index (χ1n) is 12.4. The van der Waals surface area contributed by atoms with Gasteiger partial charge in [0.2, 0.25) is 0 Å². The van der Waals surface area contributed by atoms with E-state index in [9.17, 15) is 18.8 Å². The molecule has 0 radical (unpaired) electrons. The number of hydrogen-bond acceptors (Lipinski definition) is 7. The van der Waals surface area contributed by atoms with E-state index in [0.717, 1.165) is 31.5 Å². The van der Waals surface area contributed by atoms with Gasteiger partial charge in [-0.05, 0) is 35.4 Å². The van der Waals surface area contributed by atoms with Crippen LogP contribution in [0.15, 0.2) is 54.9 Å². The fourth-order valence-electron chi connectivity index (χ4n) is 3.83. The summed E-state index contributed by atoms with van der Waals surface area (Å²) in [6, 6.07) is 12.4. The van der Waals surface area contributed by atoms with Crippen LogP contribution in [0.25, 0.3) is 0 Å². The predicted octanol–water partition coefficient (Wildman–Crippen LogP) is 2.19. The maximum absolute atomic E-state index is 13.3. The number of aromatic nitrogens is 2. The molecule has 4 rings (SSSR count). The molecule has 0 atom stereocenters. The second-order valence-electron chi connectivity index (χ2n) is 8.81. The summed E-state index contributed by atoms with van der Waals surface area (Å²) < 4.78 is 18.6. The van der Waals surface area contributed by atoms with Crippen LogP contribution in [0.4, 0.5) is 4.39 Å². The Kier molecular flexibility index (Phi) is 9.90. The van der Waals surface area contributed by atoms with Crippen LogP contribution in [0.1, 0.15) is 42.5 Å². The molecule has 39 heavy (non-hydrogen) atoms. The molecule has 3 N–H and O–H groups in total. The lowest BCUT2D eigenvalue weighted by molar-refractivity contribution is 0.0383. The number of nitrogens with one attached hydrogen (secondary N) is 3. The molecule has 1 aliphatic rings. The van der Waals surface area contributed by atoms with Crippen LogP contribution >= 0.6 is 11.6 Å². The summed E-state index contributed by atoms with van der Waals surface area (Å²) in [7, 11) is 0. The fourth-order valence-corrected chi connectivity index (χ4v) is 4.03. The number of hydrogen-bond donors (Lipinski definition) is 3. The zero-order chi connectivity index (χ0) is 27.6.